The number of aromatic nitrogens is 2. The van der Waals surface area contributed by atoms with Crippen LogP contribution in [0, 0.1) is 0 Å². The van der Waals surface area contributed by atoms with Crippen LogP contribution in [0.5, 0.6) is 0 Å². The highest BCUT2D eigenvalue weighted by Crippen LogP contribution is 2.28. The van der Waals surface area contributed by atoms with Crippen LogP contribution in [0.2, 0.25) is 0 Å². The van der Waals surface area contributed by atoms with Crippen molar-refractivity contribution in [1.82, 2.24) is 15.1 Å². The van der Waals surface area contributed by atoms with Crippen molar-refractivity contribution in [1.29, 1.82) is 0 Å². The van der Waals surface area contributed by atoms with Crippen molar-refractivity contribution in [3.63, 3.8) is 0 Å². The molecule has 4 rings (SSSR count). The quantitative estimate of drug-likeness (QED) is 0.590. The summed E-state index contributed by atoms with van der Waals surface area (Å²) in [5.74, 6) is 0.347. The summed E-state index contributed by atoms with van der Waals surface area (Å²) in [6.45, 7) is 0.120. The molecule has 130 valence electrons. The molecule has 0 spiro atoms. The number of furan rings is 1. The van der Waals surface area contributed by atoms with E-state index in [9.17, 15) is 9.59 Å². The number of carbonyl (C=O) groups excluding carboxylic acids is 1. The maximum absolute atomic E-state index is 12.7. The number of nitrogens with one attached hydrogen (secondary N) is 1. The number of rotatable bonds is 5. The van der Waals surface area contributed by atoms with Gasteiger partial charge in [0.05, 0.1) is 23.1 Å². The van der Waals surface area contributed by atoms with Crippen LogP contribution in [0.15, 0.2) is 69.4 Å². The second kappa shape index (κ2) is 6.97. The van der Waals surface area contributed by atoms with Gasteiger partial charge in [-0.25, -0.2) is 4.68 Å². The monoisotopic (exact) mass is 365 g/mol. The molecule has 0 saturated heterocycles. The first-order valence-electron chi connectivity index (χ1n) is 8.05. The maximum atomic E-state index is 12.7. The molecule has 1 N–H and O–H groups in total. The predicted octanol–water partition coefficient (Wildman–Crippen LogP) is 3.03. The number of benzene rings is 1. The van der Waals surface area contributed by atoms with E-state index in [1.165, 1.54) is 4.68 Å². The van der Waals surface area contributed by atoms with E-state index in [1.54, 1.807) is 35.8 Å². The molecule has 0 saturated carbocycles. The van der Waals surface area contributed by atoms with Crippen molar-refractivity contribution in [3.8, 4) is 10.6 Å². The van der Waals surface area contributed by atoms with E-state index in [2.05, 4.69) is 10.4 Å². The van der Waals surface area contributed by atoms with E-state index in [-0.39, 0.29) is 24.6 Å². The average Bonchev–Trinajstić information content (AvgIpc) is 3.36. The third-order valence-electron chi connectivity index (χ3n) is 3.96. The normalized spacial score (nSPS) is 10.9. The summed E-state index contributed by atoms with van der Waals surface area (Å²) in [6, 6.07) is 14.7. The lowest BCUT2D eigenvalue weighted by atomic mass is 10.1. The Morgan fingerprint density at radius 3 is 2.69 bits per heavy atom. The van der Waals surface area contributed by atoms with Gasteiger partial charge in [-0.15, -0.1) is 11.3 Å². The number of hydrogen-bond donors (Lipinski definition) is 1. The molecule has 0 aliphatic heterocycles. The number of carbonyl (C=O) groups is 1. The van der Waals surface area contributed by atoms with Crippen molar-refractivity contribution in [3.05, 3.63) is 76.3 Å². The Bertz CT molecular complexity index is 1100. The molecular weight excluding hydrogens is 350 g/mol. The molecule has 1 aromatic carbocycles. The molecule has 0 radical (unpaired) electrons. The molecule has 6 nitrogen and oxygen atoms in total. The summed E-state index contributed by atoms with van der Waals surface area (Å²) in [5.41, 5.74) is 0.420. The van der Waals surface area contributed by atoms with Crippen LogP contribution in [-0.4, -0.2) is 15.7 Å². The molecular formula is C19H15N3O3S. The minimum atomic E-state index is -0.302. The van der Waals surface area contributed by atoms with E-state index in [1.807, 2.05) is 35.7 Å². The van der Waals surface area contributed by atoms with Gasteiger partial charge >= 0.3 is 0 Å². The Hall–Kier alpha value is -3.19. The SMILES string of the molecule is O=C(Cn1nc(-c2cccs2)c2ccccc2c1=O)NCc1ccco1. The average molecular weight is 365 g/mol. The molecule has 0 fully saturated rings. The fraction of sp³-hybridized carbons (Fsp3) is 0.105. The van der Waals surface area contributed by atoms with Crippen LogP contribution in [0.25, 0.3) is 21.3 Å². The van der Waals surface area contributed by atoms with Gasteiger partial charge in [-0.1, -0.05) is 24.3 Å². The lowest BCUT2D eigenvalue weighted by Gasteiger charge is -2.10. The Balaban J connectivity index is 1.67. The molecule has 1 amide bonds. The molecule has 3 heterocycles. The third-order valence-corrected chi connectivity index (χ3v) is 4.83. The Morgan fingerprint density at radius 1 is 1.12 bits per heavy atom. The van der Waals surface area contributed by atoms with E-state index >= 15 is 0 Å². The lowest BCUT2D eigenvalue weighted by molar-refractivity contribution is -0.122. The van der Waals surface area contributed by atoms with Crippen LogP contribution >= 0.6 is 11.3 Å². The number of amides is 1. The highest BCUT2D eigenvalue weighted by atomic mass is 32.1. The molecule has 4 aromatic rings. The van der Waals surface area contributed by atoms with E-state index in [0.29, 0.717) is 16.8 Å². The minimum absolute atomic E-state index is 0.150. The topological polar surface area (TPSA) is 77.1 Å². The smallest absolute Gasteiger partial charge is 0.275 e. The standard InChI is InChI=1S/C19H15N3O3S/c23-17(20-11-13-5-3-9-25-13)12-22-19(24)15-7-2-1-6-14(15)18(21-22)16-8-4-10-26-16/h1-10H,11-12H2,(H,20,23). The van der Waals surface area contributed by atoms with Gasteiger partial charge in [0.25, 0.3) is 5.56 Å². The van der Waals surface area contributed by atoms with Gasteiger partial charge in [0, 0.05) is 5.39 Å². The number of fused-ring (bicyclic) bond motifs is 1. The van der Waals surface area contributed by atoms with Crippen LogP contribution in [0.3, 0.4) is 0 Å². The molecule has 0 atom stereocenters. The van der Waals surface area contributed by atoms with Crippen LogP contribution in [-0.2, 0) is 17.9 Å². The molecule has 26 heavy (non-hydrogen) atoms. The Kier molecular flexibility index (Phi) is 4.37. The highest BCUT2D eigenvalue weighted by Gasteiger charge is 2.14. The predicted molar refractivity (Wildman–Crippen MR) is 99.9 cm³/mol. The minimum Gasteiger partial charge on any atom is -0.467 e. The van der Waals surface area contributed by atoms with Gasteiger partial charge in [-0.2, -0.15) is 5.10 Å². The summed E-state index contributed by atoms with van der Waals surface area (Å²) in [6.07, 6.45) is 1.55. The Morgan fingerprint density at radius 2 is 1.96 bits per heavy atom. The summed E-state index contributed by atoms with van der Waals surface area (Å²) in [7, 11) is 0. The van der Waals surface area contributed by atoms with Crippen LogP contribution in [0.1, 0.15) is 5.76 Å². The number of hydrogen-bond acceptors (Lipinski definition) is 5. The fourth-order valence-corrected chi connectivity index (χ4v) is 3.45. The summed E-state index contributed by atoms with van der Waals surface area (Å²) >= 11 is 1.54. The third kappa shape index (κ3) is 3.16. The molecule has 0 aliphatic carbocycles. The number of thiophene rings is 1. The van der Waals surface area contributed by atoms with E-state index in [4.69, 9.17) is 4.42 Å². The molecule has 0 aliphatic rings. The zero-order chi connectivity index (χ0) is 17.9. The zero-order valence-corrected chi connectivity index (χ0v) is 14.5. The van der Waals surface area contributed by atoms with Crippen LogP contribution in [0.4, 0.5) is 0 Å². The van der Waals surface area contributed by atoms with Crippen LogP contribution < -0.4 is 10.9 Å². The van der Waals surface area contributed by atoms with E-state index < -0.39 is 0 Å². The highest BCUT2D eigenvalue weighted by molar-refractivity contribution is 7.13. The Labute approximate surface area is 152 Å². The van der Waals surface area contributed by atoms with Gasteiger partial charge in [0.2, 0.25) is 5.91 Å². The zero-order valence-electron chi connectivity index (χ0n) is 13.7. The first kappa shape index (κ1) is 16.3. The lowest BCUT2D eigenvalue weighted by Crippen LogP contribution is -2.33. The van der Waals surface area contributed by atoms with Crippen molar-refractivity contribution < 1.29 is 9.21 Å². The molecule has 0 bridgehead atoms. The molecule has 0 unspecified atom stereocenters. The van der Waals surface area contributed by atoms with Crippen molar-refractivity contribution >= 4 is 28.0 Å². The van der Waals surface area contributed by atoms with Gasteiger partial charge in [0.1, 0.15) is 18.0 Å². The van der Waals surface area contributed by atoms with Gasteiger partial charge < -0.3 is 9.73 Å². The molecule has 7 heteroatoms. The second-order valence-electron chi connectivity index (χ2n) is 5.69. The number of nitrogens with zero attached hydrogens (tertiary/aromatic N) is 2. The van der Waals surface area contributed by atoms with Crippen molar-refractivity contribution in [2.24, 2.45) is 0 Å². The maximum Gasteiger partial charge on any atom is 0.275 e. The first-order valence-corrected chi connectivity index (χ1v) is 8.93. The summed E-state index contributed by atoms with van der Waals surface area (Å²) < 4.78 is 6.40. The fourth-order valence-electron chi connectivity index (χ4n) is 2.73. The van der Waals surface area contributed by atoms with Crippen molar-refractivity contribution in [2.75, 3.05) is 0 Å². The summed E-state index contributed by atoms with van der Waals surface area (Å²) in [4.78, 5) is 25.9. The first-order chi connectivity index (χ1) is 12.7. The molecule has 3 aromatic heterocycles. The largest absolute Gasteiger partial charge is 0.467 e. The van der Waals surface area contributed by atoms with Gasteiger partial charge in [0.15, 0.2) is 0 Å². The van der Waals surface area contributed by atoms with Gasteiger partial charge in [-0.05, 0) is 29.6 Å². The van der Waals surface area contributed by atoms with E-state index in [0.717, 1.165) is 10.3 Å². The second-order valence-corrected chi connectivity index (χ2v) is 6.64. The summed E-state index contributed by atoms with van der Waals surface area (Å²) in [5, 5.41) is 10.5. The van der Waals surface area contributed by atoms with Crippen molar-refractivity contribution in [2.45, 2.75) is 13.1 Å². The van der Waals surface area contributed by atoms with Gasteiger partial charge in [-0.3, -0.25) is 9.59 Å².